The number of benzene rings is 2. The van der Waals surface area contributed by atoms with Crippen molar-refractivity contribution in [2.24, 2.45) is 0 Å². The molecule has 1 unspecified atom stereocenters. The Morgan fingerprint density at radius 2 is 1.56 bits per heavy atom. The third-order valence-electron chi connectivity index (χ3n) is 4.21. The van der Waals surface area contributed by atoms with Gasteiger partial charge in [0.05, 0.1) is 40.4 Å². The first-order valence-corrected chi connectivity index (χ1v) is 7.79. The number of hydrogen-bond donors (Lipinski definition) is 0. The lowest BCUT2D eigenvalue weighted by atomic mass is 9.95. The summed E-state index contributed by atoms with van der Waals surface area (Å²) >= 11 is 0. The SMILES string of the molecule is COc1ccc2c(c1)OC(c1cc(OC)c(OC)cc1OC)CC2=O. The van der Waals surface area contributed by atoms with E-state index in [1.807, 2.05) is 0 Å². The van der Waals surface area contributed by atoms with Crippen LogP contribution in [0.15, 0.2) is 30.3 Å². The van der Waals surface area contributed by atoms with Crippen LogP contribution in [0.25, 0.3) is 0 Å². The van der Waals surface area contributed by atoms with Gasteiger partial charge in [0.15, 0.2) is 17.3 Å². The van der Waals surface area contributed by atoms with Crippen LogP contribution in [0.3, 0.4) is 0 Å². The van der Waals surface area contributed by atoms with Gasteiger partial charge >= 0.3 is 0 Å². The minimum Gasteiger partial charge on any atom is -0.497 e. The van der Waals surface area contributed by atoms with Crippen LogP contribution in [0.1, 0.15) is 28.4 Å². The van der Waals surface area contributed by atoms with E-state index in [4.69, 9.17) is 23.7 Å². The van der Waals surface area contributed by atoms with E-state index in [2.05, 4.69) is 0 Å². The molecule has 0 bridgehead atoms. The highest BCUT2D eigenvalue weighted by Gasteiger charge is 2.31. The highest BCUT2D eigenvalue weighted by Crippen LogP contribution is 2.43. The number of rotatable bonds is 5. The Hall–Kier alpha value is -2.89. The number of ether oxygens (including phenoxy) is 5. The van der Waals surface area contributed by atoms with E-state index < -0.39 is 6.10 Å². The second-order valence-electron chi connectivity index (χ2n) is 5.55. The van der Waals surface area contributed by atoms with Gasteiger partial charge in [-0.3, -0.25) is 4.79 Å². The van der Waals surface area contributed by atoms with Crippen molar-refractivity contribution in [3.63, 3.8) is 0 Å². The van der Waals surface area contributed by atoms with Crippen LogP contribution in [0.4, 0.5) is 0 Å². The molecule has 0 fully saturated rings. The van der Waals surface area contributed by atoms with E-state index in [-0.39, 0.29) is 12.2 Å². The Morgan fingerprint density at radius 1 is 0.880 bits per heavy atom. The fourth-order valence-corrected chi connectivity index (χ4v) is 2.91. The van der Waals surface area contributed by atoms with E-state index in [1.54, 1.807) is 58.8 Å². The van der Waals surface area contributed by atoms with Crippen molar-refractivity contribution in [3.05, 3.63) is 41.5 Å². The van der Waals surface area contributed by atoms with Crippen molar-refractivity contribution in [2.75, 3.05) is 28.4 Å². The lowest BCUT2D eigenvalue weighted by molar-refractivity contribution is 0.0846. The average molecular weight is 344 g/mol. The van der Waals surface area contributed by atoms with Gasteiger partial charge in [-0.05, 0) is 18.2 Å². The van der Waals surface area contributed by atoms with E-state index >= 15 is 0 Å². The van der Waals surface area contributed by atoms with Gasteiger partial charge in [-0.15, -0.1) is 0 Å². The van der Waals surface area contributed by atoms with Gasteiger partial charge in [-0.25, -0.2) is 0 Å². The first-order chi connectivity index (χ1) is 12.1. The molecule has 6 nitrogen and oxygen atoms in total. The molecule has 0 N–H and O–H groups in total. The van der Waals surface area contributed by atoms with Gasteiger partial charge in [0.2, 0.25) is 0 Å². The molecule has 0 spiro atoms. The van der Waals surface area contributed by atoms with Crippen LogP contribution >= 0.6 is 0 Å². The zero-order chi connectivity index (χ0) is 18.0. The normalized spacial score (nSPS) is 15.8. The molecule has 1 aliphatic rings. The third-order valence-corrected chi connectivity index (χ3v) is 4.21. The van der Waals surface area contributed by atoms with Crippen LogP contribution in [0.5, 0.6) is 28.7 Å². The Kier molecular flexibility index (Phi) is 4.70. The van der Waals surface area contributed by atoms with E-state index in [0.29, 0.717) is 34.3 Å². The van der Waals surface area contributed by atoms with E-state index in [0.717, 1.165) is 5.56 Å². The van der Waals surface area contributed by atoms with E-state index in [1.165, 1.54) is 0 Å². The van der Waals surface area contributed by atoms with Crippen LogP contribution in [0.2, 0.25) is 0 Å². The maximum atomic E-state index is 12.5. The van der Waals surface area contributed by atoms with Crippen LogP contribution in [-0.2, 0) is 0 Å². The summed E-state index contributed by atoms with van der Waals surface area (Å²) in [4.78, 5) is 12.5. The summed E-state index contributed by atoms with van der Waals surface area (Å²) in [5, 5.41) is 0. The molecular weight excluding hydrogens is 324 g/mol. The number of carbonyl (C=O) groups is 1. The third kappa shape index (κ3) is 3.07. The molecule has 0 amide bonds. The number of fused-ring (bicyclic) bond motifs is 1. The molecule has 0 aliphatic carbocycles. The maximum Gasteiger partial charge on any atom is 0.170 e. The van der Waals surface area contributed by atoms with E-state index in [9.17, 15) is 4.79 Å². The number of ketones is 1. The summed E-state index contributed by atoms with van der Waals surface area (Å²) in [6.45, 7) is 0. The molecule has 1 aliphatic heterocycles. The smallest absolute Gasteiger partial charge is 0.170 e. The molecule has 132 valence electrons. The zero-order valence-electron chi connectivity index (χ0n) is 14.6. The standard InChI is InChI=1S/C19H20O6/c1-21-11-5-6-12-14(20)9-17(25-16(12)7-11)13-8-18(23-3)19(24-4)10-15(13)22-2/h5-8,10,17H,9H2,1-4H3. The summed E-state index contributed by atoms with van der Waals surface area (Å²) in [6.07, 6.45) is -0.271. The number of methoxy groups -OCH3 is 4. The summed E-state index contributed by atoms with van der Waals surface area (Å²) in [7, 11) is 6.24. The number of hydrogen-bond acceptors (Lipinski definition) is 6. The summed E-state index contributed by atoms with van der Waals surface area (Å²) in [5.41, 5.74) is 1.28. The molecule has 0 saturated carbocycles. The van der Waals surface area contributed by atoms with Gasteiger partial charge in [-0.1, -0.05) is 0 Å². The van der Waals surface area contributed by atoms with Crippen LogP contribution in [-0.4, -0.2) is 34.2 Å². The van der Waals surface area contributed by atoms with Crippen molar-refractivity contribution in [2.45, 2.75) is 12.5 Å². The van der Waals surface area contributed by atoms with Crippen LogP contribution in [0, 0.1) is 0 Å². The van der Waals surface area contributed by atoms with Gasteiger partial charge in [-0.2, -0.15) is 0 Å². The fourth-order valence-electron chi connectivity index (χ4n) is 2.91. The zero-order valence-corrected chi connectivity index (χ0v) is 14.6. The monoisotopic (exact) mass is 344 g/mol. The van der Waals surface area contributed by atoms with Crippen molar-refractivity contribution in [3.8, 4) is 28.7 Å². The number of carbonyl (C=O) groups excluding carboxylic acids is 1. The average Bonchev–Trinajstić information content (AvgIpc) is 2.66. The Balaban J connectivity index is 2.03. The molecule has 1 heterocycles. The molecule has 0 saturated heterocycles. The fraction of sp³-hybridized carbons (Fsp3) is 0.316. The highest BCUT2D eigenvalue weighted by atomic mass is 16.5. The van der Waals surface area contributed by atoms with Crippen molar-refractivity contribution < 1.29 is 28.5 Å². The molecule has 2 aromatic rings. The van der Waals surface area contributed by atoms with Gasteiger partial charge in [0, 0.05) is 17.7 Å². The molecule has 2 aromatic carbocycles. The topological polar surface area (TPSA) is 63.2 Å². The van der Waals surface area contributed by atoms with Crippen LogP contribution < -0.4 is 23.7 Å². The Bertz CT molecular complexity index is 799. The largest absolute Gasteiger partial charge is 0.497 e. The highest BCUT2D eigenvalue weighted by molar-refractivity contribution is 6.00. The van der Waals surface area contributed by atoms with Crippen molar-refractivity contribution >= 4 is 5.78 Å². The molecule has 25 heavy (non-hydrogen) atoms. The summed E-state index contributed by atoms with van der Waals surface area (Å²) in [5.74, 6) is 2.80. The second kappa shape index (κ2) is 6.93. The maximum absolute atomic E-state index is 12.5. The second-order valence-corrected chi connectivity index (χ2v) is 5.55. The molecule has 3 rings (SSSR count). The minimum absolute atomic E-state index is 0.00532. The summed E-state index contributed by atoms with van der Waals surface area (Å²) < 4.78 is 27.4. The predicted octanol–water partition coefficient (Wildman–Crippen LogP) is 3.43. The Morgan fingerprint density at radius 3 is 2.20 bits per heavy atom. The summed E-state index contributed by atoms with van der Waals surface area (Å²) in [6, 6.07) is 8.69. The Labute approximate surface area is 146 Å². The molecule has 6 heteroatoms. The first kappa shape index (κ1) is 17.0. The quantitative estimate of drug-likeness (QED) is 0.828. The number of Topliss-reactive ketones (excluding diaryl/α,β-unsaturated/α-hetero) is 1. The first-order valence-electron chi connectivity index (χ1n) is 7.79. The molecule has 1 atom stereocenters. The molecule has 0 radical (unpaired) electrons. The van der Waals surface area contributed by atoms with Gasteiger partial charge in [0.1, 0.15) is 23.4 Å². The lowest BCUT2D eigenvalue weighted by Gasteiger charge is -2.27. The van der Waals surface area contributed by atoms with Crippen molar-refractivity contribution in [1.29, 1.82) is 0 Å². The van der Waals surface area contributed by atoms with Crippen molar-refractivity contribution in [1.82, 2.24) is 0 Å². The lowest BCUT2D eigenvalue weighted by Crippen LogP contribution is -2.21. The molecule has 0 aromatic heterocycles. The molecular formula is C19H20O6. The predicted molar refractivity (Wildman–Crippen MR) is 91.4 cm³/mol. The minimum atomic E-state index is -0.484. The van der Waals surface area contributed by atoms with Gasteiger partial charge < -0.3 is 23.7 Å². The van der Waals surface area contributed by atoms with Gasteiger partial charge in [0.25, 0.3) is 0 Å².